The van der Waals surface area contributed by atoms with Gasteiger partial charge in [0.15, 0.2) is 17.3 Å². The topological polar surface area (TPSA) is 65.7 Å². The summed E-state index contributed by atoms with van der Waals surface area (Å²) < 4.78 is 54.1. The van der Waals surface area contributed by atoms with Crippen LogP contribution >= 0.6 is 45.8 Å². The molecule has 12 heteroatoms. The predicted molar refractivity (Wildman–Crippen MR) is 171 cm³/mol. The highest BCUT2D eigenvalue weighted by molar-refractivity contribution is 14.1. The van der Waals surface area contributed by atoms with Gasteiger partial charge in [-0.05, 0) is 89.2 Å². The van der Waals surface area contributed by atoms with Crippen molar-refractivity contribution in [3.8, 4) is 22.9 Å². The van der Waals surface area contributed by atoms with Crippen molar-refractivity contribution in [3.63, 3.8) is 0 Å². The normalized spacial score (nSPS) is 11.8. The first-order chi connectivity index (χ1) is 20.5. The molecule has 220 valence electrons. The summed E-state index contributed by atoms with van der Waals surface area (Å²) in [5.74, 6) is 0.908. The molecule has 1 aromatic heterocycles. The lowest BCUT2D eigenvalue weighted by atomic mass is 10.1. The second-order valence-corrected chi connectivity index (χ2v) is 11.2. The molecule has 0 radical (unpaired) electrons. The molecule has 0 unspecified atom stereocenters. The monoisotopic (exact) mass is 737 g/mol. The first kappa shape index (κ1) is 30.8. The van der Waals surface area contributed by atoms with Crippen molar-refractivity contribution in [1.82, 2.24) is 9.66 Å². The molecule has 0 amide bonds. The highest BCUT2D eigenvalue weighted by Crippen LogP contribution is 2.35. The molecule has 0 saturated carbocycles. The van der Waals surface area contributed by atoms with Crippen molar-refractivity contribution < 1.29 is 22.6 Å². The first-order valence-electron chi connectivity index (χ1n) is 12.8. The average molecular weight is 738 g/mol. The quantitative estimate of drug-likeness (QED) is 0.118. The lowest BCUT2D eigenvalue weighted by Gasteiger charge is -2.15. The van der Waals surface area contributed by atoms with Gasteiger partial charge in [-0.25, -0.2) is 4.98 Å². The van der Waals surface area contributed by atoms with Crippen LogP contribution in [0, 0.1) is 3.57 Å². The van der Waals surface area contributed by atoms with E-state index in [4.69, 9.17) is 32.7 Å². The third-order valence-corrected chi connectivity index (χ3v) is 7.76. The van der Waals surface area contributed by atoms with Gasteiger partial charge in [-0.15, -0.1) is 0 Å². The van der Waals surface area contributed by atoms with Crippen LogP contribution in [0.3, 0.4) is 0 Å². The van der Waals surface area contributed by atoms with Crippen LogP contribution < -0.4 is 15.0 Å². The maximum atomic E-state index is 13.5. The molecule has 6 nitrogen and oxygen atoms in total. The minimum absolute atomic E-state index is 0.0349. The molecule has 1 heterocycles. The zero-order valence-corrected chi connectivity index (χ0v) is 26.0. The Bertz CT molecular complexity index is 1910. The minimum Gasteiger partial charge on any atom is -0.490 e. The van der Waals surface area contributed by atoms with E-state index >= 15 is 0 Å². The number of hydrogen-bond donors (Lipinski definition) is 0. The van der Waals surface area contributed by atoms with E-state index in [1.165, 1.54) is 18.3 Å². The van der Waals surface area contributed by atoms with Gasteiger partial charge >= 0.3 is 6.18 Å². The van der Waals surface area contributed by atoms with E-state index in [0.717, 1.165) is 22.4 Å². The van der Waals surface area contributed by atoms with Crippen LogP contribution in [0.15, 0.2) is 88.8 Å². The van der Waals surface area contributed by atoms with E-state index in [9.17, 15) is 18.0 Å². The number of para-hydroxylation sites is 1. The van der Waals surface area contributed by atoms with Gasteiger partial charge < -0.3 is 9.47 Å². The molecular weight excluding hydrogens is 717 g/mol. The summed E-state index contributed by atoms with van der Waals surface area (Å²) in [6.07, 6.45) is -3.15. The largest absolute Gasteiger partial charge is 0.490 e. The first-order valence-corrected chi connectivity index (χ1v) is 14.7. The Morgan fingerprint density at radius 2 is 1.77 bits per heavy atom. The zero-order valence-electron chi connectivity index (χ0n) is 22.3. The Kier molecular flexibility index (Phi) is 9.28. The Morgan fingerprint density at radius 3 is 2.51 bits per heavy atom. The van der Waals surface area contributed by atoms with Gasteiger partial charge in [-0.2, -0.15) is 22.9 Å². The lowest BCUT2D eigenvalue weighted by Crippen LogP contribution is -2.20. The summed E-state index contributed by atoms with van der Waals surface area (Å²) >= 11 is 14.2. The van der Waals surface area contributed by atoms with Gasteiger partial charge in [0.2, 0.25) is 0 Å². The summed E-state index contributed by atoms with van der Waals surface area (Å²) in [4.78, 5) is 18.0. The van der Waals surface area contributed by atoms with E-state index in [0.29, 0.717) is 42.8 Å². The van der Waals surface area contributed by atoms with E-state index in [2.05, 4.69) is 32.7 Å². The Morgan fingerprint density at radius 1 is 0.977 bits per heavy atom. The molecule has 4 aromatic carbocycles. The van der Waals surface area contributed by atoms with Gasteiger partial charge in [0.05, 0.1) is 42.9 Å². The fourth-order valence-corrected chi connectivity index (χ4v) is 5.33. The molecule has 0 aliphatic heterocycles. The van der Waals surface area contributed by atoms with E-state index in [1.54, 1.807) is 54.6 Å². The van der Waals surface area contributed by atoms with Crippen molar-refractivity contribution in [2.75, 3.05) is 6.61 Å². The van der Waals surface area contributed by atoms with Crippen LogP contribution in [0.2, 0.25) is 10.0 Å². The van der Waals surface area contributed by atoms with Crippen LogP contribution in [0.4, 0.5) is 13.2 Å². The summed E-state index contributed by atoms with van der Waals surface area (Å²) in [5, 5.41) is 5.51. The van der Waals surface area contributed by atoms with Crippen molar-refractivity contribution in [2.24, 2.45) is 5.10 Å². The number of nitrogens with zero attached hydrogens (tertiary/aromatic N) is 3. The van der Waals surface area contributed by atoms with Crippen LogP contribution in [0.5, 0.6) is 11.5 Å². The summed E-state index contributed by atoms with van der Waals surface area (Å²) in [6.45, 7) is 2.39. The van der Waals surface area contributed by atoms with E-state index in [1.807, 2.05) is 6.92 Å². The molecule has 43 heavy (non-hydrogen) atoms. The maximum absolute atomic E-state index is 13.5. The molecule has 5 aromatic rings. The van der Waals surface area contributed by atoms with Gasteiger partial charge in [-0.3, -0.25) is 4.79 Å². The molecule has 0 aliphatic rings. The van der Waals surface area contributed by atoms with Crippen molar-refractivity contribution >= 4 is 62.9 Å². The summed E-state index contributed by atoms with van der Waals surface area (Å²) in [7, 11) is 0. The molecule has 0 N–H and O–H groups in total. The van der Waals surface area contributed by atoms with E-state index in [-0.39, 0.29) is 23.4 Å². The molecule has 0 spiro atoms. The number of benzene rings is 4. The Hall–Kier alpha value is -3.61. The molecule has 5 rings (SSSR count). The molecule has 0 aliphatic carbocycles. The standard InChI is InChI=1S/C31H21Cl2F3IN3O3/c1-2-42-27-14-19(13-25(37)28(27)43-17-18-10-11-23(32)24(33)12-18)16-38-40-29(20-6-5-7-21(15-20)31(34,35)36)39-26-9-4-3-8-22(26)30(40)41/h3-16H,2,17H2,1H3. The molecule has 0 atom stereocenters. The van der Waals surface area contributed by atoms with Gasteiger partial charge in [0, 0.05) is 5.56 Å². The number of fused-ring (bicyclic) bond motifs is 1. The average Bonchev–Trinajstić information content (AvgIpc) is 2.98. The van der Waals surface area contributed by atoms with Crippen LogP contribution in [0.25, 0.3) is 22.3 Å². The molecule has 0 bridgehead atoms. The molecular formula is C31H21Cl2F3IN3O3. The van der Waals surface area contributed by atoms with Gasteiger partial charge in [-0.1, -0.05) is 53.5 Å². The summed E-state index contributed by atoms with van der Waals surface area (Å²) in [5.41, 5.74) is 0.396. The SMILES string of the molecule is CCOc1cc(C=Nn2c(-c3cccc(C(F)(F)F)c3)nc3ccccc3c2=O)cc(I)c1OCc1ccc(Cl)c(Cl)c1. The predicted octanol–water partition coefficient (Wildman–Crippen LogP) is 8.85. The van der Waals surface area contributed by atoms with E-state index < -0.39 is 17.3 Å². The van der Waals surface area contributed by atoms with Crippen LogP contribution in [-0.2, 0) is 12.8 Å². The fourth-order valence-electron chi connectivity index (χ4n) is 4.23. The second kappa shape index (κ2) is 12.9. The van der Waals surface area contributed by atoms with Crippen molar-refractivity contribution in [2.45, 2.75) is 19.7 Å². The number of alkyl halides is 3. The van der Waals surface area contributed by atoms with Crippen LogP contribution in [-0.4, -0.2) is 22.5 Å². The van der Waals surface area contributed by atoms with Crippen molar-refractivity contribution in [1.29, 1.82) is 0 Å². The highest BCUT2D eigenvalue weighted by Gasteiger charge is 2.31. The lowest BCUT2D eigenvalue weighted by molar-refractivity contribution is -0.137. The number of rotatable bonds is 8. The molecule has 0 fully saturated rings. The summed E-state index contributed by atoms with van der Waals surface area (Å²) in [6, 6.07) is 19.9. The smallest absolute Gasteiger partial charge is 0.416 e. The van der Waals surface area contributed by atoms with Gasteiger partial charge in [0.25, 0.3) is 5.56 Å². The number of halogens is 6. The highest BCUT2D eigenvalue weighted by atomic mass is 127. The number of aromatic nitrogens is 2. The third kappa shape index (κ3) is 6.97. The van der Waals surface area contributed by atoms with Crippen LogP contribution in [0.1, 0.15) is 23.6 Å². The molecule has 0 saturated heterocycles. The van der Waals surface area contributed by atoms with Crippen molar-refractivity contribution in [3.05, 3.63) is 120 Å². The van der Waals surface area contributed by atoms with Gasteiger partial charge in [0.1, 0.15) is 6.61 Å². The Balaban J connectivity index is 1.55. The number of hydrogen-bond acceptors (Lipinski definition) is 5. The number of ether oxygens (including phenoxy) is 2. The zero-order chi connectivity index (χ0) is 30.7. The Labute approximate surface area is 267 Å². The minimum atomic E-state index is -4.57. The fraction of sp³-hybridized carbons (Fsp3) is 0.129. The third-order valence-electron chi connectivity index (χ3n) is 6.22. The second-order valence-electron chi connectivity index (χ2n) is 9.19. The maximum Gasteiger partial charge on any atom is 0.416 e.